The minimum absolute atomic E-state index is 0.00289. The molecule has 0 saturated carbocycles. The number of esters is 1. The molecule has 35 heavy (non-hydrogen) atoms. The molecular formula is C28H47NO6. The van der Waals surface area contributed by atoms with E-state index in [9.17, 15) is 15.0 Å². The van der Waals surface area contributed by atoms with Gasteiger partial charge in [-0.3, -0.25) is 4.79 Å². The third kappa shape index (κ3) is 10.6. The number of aliphatic hydroxyl groups is 2. The highest BCUT2D eigenvalue weighted by molar-refractivity contribution is 5.66. The number of ether oxygens (including phenoxy) is 2. The van der Waals surface area contributed by atoms with Crippen molar-refractivity contribution in [2.24, 2.45) is 11.8 Å². The number of epoxide rings is 1. The molecule has 0 amide bonds. The number of allylic oxidation sites excluding steroid dienone is 2. The van der Waals surface area contributed by atoms with Gasteiger partial charge in [-0.05, 0) is 51.5 Å². The molecule has 0 radical (unpaired) electrons. The van der Waals surface area contributed by atoms with Crippen molar-refractivity contribution in [2.75, 3.05) is 6.61 Å². The average Bonchev–Trinajstić information content (AvgIpc) is 3.54. The SMILES string of the molecule is CC[C@H](O)[C@@H](C)[C@H]1O[C@@H]1C[C@@](C)(O)/C=C/C=C(/C)C1NOCCCCCC(OC(C)=O)C=CC1C. The highest BCUT2D eigenvalue weighted by Crippen LogP contribution is 2.37. The third-order valence-electron chi connectivity index (χ3n) is 7.00. The fraction of sp³-hybridized carbons (Fsp3) is 0.750. The Morgan fingerprint density at radius 3 is 2.71 bits per heavy atom. The van der Waals surface area contributed by atoms with E-state index < -0.39 is 5.60 Å². The van der Waals surface area contributed by atoms with Crippen LogP contribution in [-0.4, -0.2) is 58.8 Å². The topological polar surface area (TPSA) is 101 Å². The number of aliphatic hydroxyl groups excluding tert-OH is 1. The molecule has 0 bridgehead atoms. The molecule has 2 aliphatic rings. The monoisotopic (exact) mass is 493 g/mol. The molecule has 8 atom stereocenters. The molecule has 0 aromatic rings. The summed E-state index contributed by atoms with van der Waals surface area (Å²) in [6, 6.07) is -0.0641. The summed E-state index contributed by atoms with van der Waals surface area (Å²) in [7, 11) is 0. The molecule has 3 unspecified atom stereocenters. The summed E-state index contributed by atoms with van der Waals surface area (Å²) in [5.74, 6) is -0.0941. The Bertz CT molecular complexity index is 746. The molecule has 0 aromatic carbocycles. The van der Waals surface area contributed by atoms with Crippen LogP contribution in [-0.2, 0) is 19.1 Å². The summed E-state index contributed by atoms with van der Waals surface area (Å²) < 4.78 is 11.2. The lowest BCUT2D eigenvalue weighted by Gasteiger charge is -2.25. The maximum Gasteiger partial charge on any atom is 0.303 e. The van der Waals surface area contributed by atoms with Crippen molar-refractivity contribution in [1.29, 1.82) is 0 Å². The van der Waals surface area contributed by atoms with Crippen LogP contribution in [0.2, 0.25) is 0 Å². The number of hydrogen-bond donors (Lipinski definition) is 3. The van der Waals surface area contributed by atoms with Gasteiger partial charge in [-0.15, -0.1) is 0 Å². The molecule has 7 nitrogen and oxygen atoms in total. The third-order valence-corrected chi connectivity index (χ3v) is 7.00. The average molecular weight is 494 g/mol. The first-order valence-corrected chi connectivity index (χ1v) is 13.2. The van der Waals surface area contributed by atoms with Crippen molar-refractivity contribution < 1.29 is 29.3 Å². The van der Waals surface area contributed by atoms with Crippen LogP contribution in [0.4, 0.5) is 0 Å². The molecule has 2 rings (SSSR count). The summed E-state index contributed by atoms with van der Waals surface area (Å²) in [5.41, 5.74) is 3.26. The second-order valence-corrected chi connectivity index (χ2v) is 10.5. The minimum atomic E-state index is -1.01. The maximum absolute atomic E-state index is 11.5. The van der Waals surface area contributed by atoms with Gasteiger partial charge < -0.3 is 24.5 Å². The highest BCUT2D eigenvalue weighted by Gasteiger charge is 2.47. The summed E-state index contributed by atoms with van der Waals surface area (Å²) >= 11 is 0. The first-order valence-electron chi connectivity index (χ1n) is 13.2. The minimum Gasteiger partial charge on any atom is -0.458 e. The summed E-state index contributed by atoms with van der Waals surface area (Å²) in [6.07, 6.45) is 14.1. The van der Waals surface area contributed by atoms with Gasteiger partial charge in [0.05, 0.1) is 36.6 Å². The van der Waals surface area contributed by atoms with Gasteiger partial charge in [0.1, 0.15) is 6.10 Å². The van der Waals surface area contributed by atoms with Gasteiger partial charge in [0, 0.05) is 19.3 Å². The quantitative estimate of drug-likeness (QED) is 0.189. The van der Waals surface area contributed by atoms with Crippen LogP contribution < -0.4 is 5.48 Å². The number of carbonyl (C=O) groups excluding carboxylic acids is 1. The second-order valence-electron chi connectivity index (χ2n) is 10.5. The van der Waals surface area contributed by atoms with Crippen molar-refractivity contribution in [3.05, 3.63) is 36.0 Å². The molecule has 0 aromatic heterocycles. The first kappa shape index (κ1) is 29.7. The first-order chi connectivity index (χ1) is 16.5. The second kappa shape index (κ2) is 14.3. The van der Waals surface area contributed by atoms with Crippen LogP contribution >= 0.6 is 0 Å². The fourth-order valence-corrected chi connectivity index (χ4v) is 4.64. The molecule has 0 spiro atoms. The van der Waals surface area contributed by atoms with Crippen molar-refractivity contribution in [2.45, 2.75) is 116 Å². The van der Waals surface area contributed by atoms with Gasteiger partial charge in [-0.2, -0.15) is 5.48 Å². The van der Waals surface area contributed by atoms with Crippen LogP contribution in [0.25, 0.3) is 0 Å². The van der Waals surface area contributed by atoms with Crippen LogP contribution in [0, 0.1) is 11.8 Å². The molecule has 200 valence electrons. The standard InChI is InChI=1S/C28H47NO6/c1-7-24(31)21(4)27-25(35-27)18-28(6,32)16-11-12-19(2)26-20(3)14-15-23(34-22(5)30)13-9-8-10-17-33-29-26/h11-12,14-16,20-21,23-27,29,31-32H,7-10,13,17-18H2,1-6H3/b15-14?,16-11+,19-12-/t20?,21-,23?,24+,25-,26?,27-,28+/m1/s1. The maximum atomic E-state index is 11.5. The number of hydrogen-bond acceptors (Lipinski definition) is 7. The normalized spacial score (nSPS) is 32.2. The highest BCUT2D eigenvalue weighted by atomic mass is 16.6. The summed E-state index contributed by atoms with van der Waals surface area (Å²) in [6.45, 7) is 11.9. The van der Waals surface area contributed by atoms with E-state index in [1.807, 2.05) is 39.0 Å². The summed E-state index contributed by atoms with van der Waals surface area (Å²) in [5, 5.41) is 20.9. The largest absolute Gasteiger partial charge is 0.458 e. The van der Waals surface area contributed by atoms with E-state index in [0.29, 0.717) is 19.4 Å². The van der Waals surface area contributed by atoms with Gasteiger partial charge in [0.25, 0.3) is 0 Å². The van der Waals surface area contributed by atoms with Crippen LogP contribution in [0.5, 0.6) is 0 Å². The Labute approximate surface area is 211 Å². The van der Waals surface area contributed by atoms with Crippen LogP contribution in [0.15, 0.2) is 36.0 Å². The Kier molecular flexibility index (Phi) is 12.1. The van der Waals surface area contributed by atoms with E-state index in [0.717, 1.165) is 31.3 Å². The number of hydroxylamine groups is 1. The van der Waals surface area contributed by atoms with E-state index in [1.165, 1.54) is 6.92 Å². The smallest absolute Gasteiger partial charge is 0.303 e. The van der Waals surface area contributed by atoms with Gasteiger partial charge in [0.15, 0.2) is 0 Å². The van der Waals surface area contributed by atoms with Gasteiger partial charge in [-0.1, -0.05) is 57.1 Å². The lowest BCUT2D eigenvalue weighted by molar-refractivity contribution is -0.144. The Morgan fingerprint density at radius 1 is 1.29 bits per heavy atom. The van der Waals surface area contributed by atoms with Crippen molar-refractivity contribution in [3.63, 3.8) is 0 Å². The van der Waals surface area contributed by atoms with Crippen LogP contribution in [0.3, 0.4) is 0 Å². The lowest BCUT2D eigenvalue weighted by Crippen LogP contribution is -2.36. The number of rotatable bonds is 9. The zero-order valence-electron chi connectivity index (χ0n) is 22.4. The van der Waals surface area contributed by atoms with E-state index in [1.54, 1.807) is 13.0 Å². The molecule has 1 saturated heterocycles. The molecule has 3 N–H and O–H groups in total. The molecule has 0 aliphatic carbocycles. The van der Waals surface area contributed by atoms with Crippen molar-refractivity contribution in [1.82, 2.24) is 5.48 Å². The molecule has 2 heterocycles. The van der Waals surface area contributed by atoms with E-state index >= 15 is 0 Å². The van der Waals surface area contributed by atoms with Crippen LogP contribution in [0.1, 0.15) is 80.1 Å². The number of carbonyl (C=O) groups is 1. The van der Waals surface area contributed by atoms with Gasteiger partial charge >= 0.3 is 5.97 Å². The zero-order chi connectivity index (χ0) is 26.0. The summed E-state index contributed by atoms with van der Waals surface area (Å²) in [4.78, 5) is 17.2. The zero-order valence-corrected chi connectivity index (χ0v) is 22.4. The van der Waals surface area contributed by atoms with E-state index in [2.05, 4.69) is 18.5 Å². The lowest BCUT2D eigenvalue weighted by atomic mass is 9.91. The predicted octanol–water partition coefficient (Wildman–Crippen LogP) is 4.39. The number of nitrogens with one attached hydrogen (secondary N) is 1. The van der Waals surface area contributed by atoms with Gasteiger partial charge in [-0.25, -0.2) is 0 Å². The van der Waals surface area contributed by atoms with Crippen molar-refractivity contribution >= 4 is 5.97 Å². The molecular weight excluding hydrogens is 446 g/mol. The molecule has 2 aliphatic heterocycles. The van der Waals surface area contributed by atoms with Gasteiger partial charge in [0.2, 0.25) is 0 Å². The Balaban J connectivity index is 2.01. The fourth-order valence-electron chi connectivity index (χ4n) is 4.64. The molecule has 7 heteroatoms. The Hall–Kier alpha value is -1.51. The Morgan fingerprint density at radius 2 is 2.03 bits per heavy atom. The predicted molar refractivity (Wildman–Crippen MR) is 137 cm³/mol. The van der Waals surface area contributed by atoms with E-state index in [-0.39, 0.29) is 48.3 Å². The molecule has 1 fully saturated rings. The van der Waals surface area contributed by atoms with E-state index in [4.69, 9.17) is 14.3 Å². The van der Waals surface area contributed by atoms with Crippen molar-refractivity contribution in [3.8, 4) is 0 Å².